The third kappa shape index (κ3) is 3.96. The molecule has 0 bridgehead atoms. The Kier molecular flexibility index (Phi) is 6.01. The molecule has 0 spiro atoms. The van der Waals surface area contributed by atoms with Crippen LogP contribution < -0.4 is 4.90 Å². The molecule has 1 aromatic heterocycles. The molecule has 0 atom stereocenters. The minimum Gasteiger partial charge on any atom is -0.455 e. The highest BCUT2D eigenvalue weighted by Crippen LogP contribution is 2.54. The van der Waals surface area contributed by atoms with Gasteiger partial charge in [0, 0.05) is 44.1 Å². The van der Waals surface area contributed by atoms with Gasteiger partial charge >= 0.3 is 0 Å². The molecule has 10 rings (SSSR count). The lowest BCUT2D eigenvalue weighted by Crippen LogP contribution is -2.18. The van der Waals surface area contributed by atoms with Crippen molar-refractivity contribution >= 4 is 39.0 Å². The fourth-order valence-electron chi connectivity index (χ4n) is 8.95. The van der Waals surface area contributed by atoms with Crippen LogP contribution in [0.2, 0.25) is 0 Å². The first-order valence-electron chi connectivity index (χ1n) is 17.6. The molecule has 0 aliphatic heterocycles. The molecule has 2 aliphatic rings. The Bertz CT molecular complexity index is 2560. The first kappa shape index (κ1) is 29.1. The maximum Gasteiger partial charge on any atom is 0.143 e. The number of furan rings is 1. The van der Waals surface area contributed by atoms with Gasteiger partial charge in [-0.25, -0.2) is 0 Å². The van der Waals surface area contributed by atoms with Gasteiger partial charge in [-0.3, -0.25) is 0 Å². The van der Waals surface area contributed by atoms with Crippen molar-refractivity contribution in [1.82, 2.24) is 0 Å². The molecule has 240 valence electrons. The Labute approximate surface area is 293 Å². The number of hydrogen-bond donors (Lipinski definition) is 0. The highest BCUT2D eigenvalue weighted by molar-refractivity contribution is 6.11. The van der Waals surface area contributed by atoms with E-state index in [4.69, 9.17) is 4.42 Å². The quantitative estimate of drug-likeness (QED) is 0.190. The number of anilines is 3. The lowest BCUT2D eigenvalue weighted by atomic mass is 9.82. The van der Waals surface area contributed by atoms with E-state index < -0.39 is 0 Å². The normalized spacial score (nSPS) is 14.7. The standard InChI is InChI=1S/C48H37NO/c1-47(2)40-20-9-5-14-32(40)34-26-24-30(28-42(34)47)49(31-25-27-35-33-15-6-10-21-41(33)48(3,4)43(35)29-31)44-22-11-7-16-36(44)38-18-13-19-39-37-17-8-12-23-45(37)50-46(38)39/h5-29H,1-4H3. The average molecular weight is 644 g/mol. The molecule has 0 saturated heterocycles. The maximum atomic E-state index is 6.61. The smallest absolute Gasteiger partial charge is 0.143 e. The number of hydrogen-bond acceptors (Lipinski definition) is 2. The summed E-state index contributed by atoms with van der Waals surface area (Å²) in [6.45, 7) is 9.43. The Balaban J connectivity index is 1.23. The fraction of sp³-hybridized carbons (Fsp3) is 0.125. The molecule has 0 unspecified atom stereocenters. The van der Waals surface area contributed by atoms with Gasteiger partial charge in [0.1, 0.15) is 11.2 Å². The van der Waals surface area contributed by atoms with Crippen molar-refractivity contribution in [2.45, 2.75) is 38.5 Å². The van der Waals surface area contributed by atoms with Crippen molar-refractivity contribution in [3.63, 3.8) is 0 Å². The molecule has 0 amide bonds. The Morgan fingerprint density at radius 1 is 0.400 bits per heavy atom. The van der Waals surface area contributed by atoms with Crippen molar-refractivity contribution in [3.05, 3.63) is 174 Å². The predicted octanol–water partition coefficient (Wildman–Crippen LogP) is 13.3. The largest absolute Gasteiger partial charge is 0.455 e. The van der Waals surface area contributed by atoms with Gasteiger partial charge in [-0.2, -0.15) is 0 Å². The SMILES string of the molecule is CC1(C)c2ccccc2-c2ccc(N(c3ccc4c(c3)C(C)(C)c3ccccc3-4)c3ccccc3-c3cccc4c3oc3ccccc34)cc21. The van der Waals surface area contributed by atoms with Crippen LogP contribution in [0.15, 0.2) is 156 Å². The molecule has 0 fully saturated rings. The minimum absolute atomic E-state index is 0.117. The van der Waals surface area contributed by atoms with Crippen molar-refractivity contribution < 1.29 is 4.42 Å². The Hall–Kier alpha value is -5.86. The van der Waals surface area contributed by atoms with Crippen LogP contribution in [-0.4, -0.2) is 0 Å². The third-order valence-electron chi connectivity index (χ3n) is 11.5. The van der Waals surface area contributed by atoms with Gasteiger partial charge < -0.3 is 9.32 Å². The number of nitrogens with zero attached hydrogens (tertiary/aromatic N) is 1. The number of para-hydroxylation sites is 3. The summed E-state index contributed by atoms with van der Waals surface area (Å²) in [6, 6.07) is 55.6. The topological polar surface area (TPSA) is 16.4 Å². The van der Waals surface area contributed by atoms with E-state index in [9.17, 15) is 0 Å². The zero-order valence-electron chi connectivity index (χ0n) is 28.8. The predicted molar refractivity (Wildman–Crippen MR) is 209 cm³/mol. The van der Waals surface area contributed by atoms with E-state index in [2.05, 4.69) is 178 Å². The Morgan fingerprint density at radius 3 is 1.52 bits per heavy atom. The first-order valence-corrected chi connectivity index (χ1v) is 17.6. The van der Waals surface area contributed by atoms with Crippen molar-refractivity contribution in [2.24, 2.45) is 0 Å². The van der Waals surface area contributed by atoms with Crippen LogP contribution in [-0.2, 0) is 10.8 Å². The molecule has 0 saturated carbocycles. The molecule has 0 radical (unpaired) electrons. The third-order valence-corrected chi connectivity index (χ3v) is 11.5. The summed E-state index contributed by atoms with van der Waals surface area (Å²) in [7, 11) is 0. The van der Waals surface area contributed by atoms with E-state index in [1.165, 1.54) is 44.5 Å². The second-order valence-electron chi connectivity index (χ2n) is 14.9. The summed E-state index contributed by atoms with van der Waals surface area (Å²) in [6.07, 6.45) is 0. The van der Waals surface area contributed by atoms with Crippen molar-refractivity contribution in [3.8, 4) is 33.4 Å². The summed E-state index contributed by atoms with van der Waals surface area (Å²) in [4.78, 5) is 2.47. The van der Waals surface area contributed by atoms with Gasteiger partial charge in [-0.15, -0.1) is 0 Å². The molecule has 8 aromatic rings. The number of benzene rings is 7. The van der Waals surface area contributed by atoms with Gasteiger partial charge in [0.05, 0.1) is 5.69 Å². The highest BCUT2D eigenvalue weighted by atomic mass is 16.3. The van der Waals surface area contributed by atoms with E-state index >= 15 is 0 Å². The first-order chi connectivity index (χ1) is 24.3. The maximum absolute atomic E-state index is 6.61. The second-order valence-corrected chi connectivity index (χ2v) is 14.9. The van der Waals surface area contributed by atoms with Crippen LogP contribution in [0.4, 0.5) is 17.1 Å². The lowest BCUT2D eigenvalue weighted by Gasteiger charge is -2.31. The van der Waals surface area contributed by atoms with Crippen LogP contribution in [0.1, 0.15) is 49.9 Å². The average Bonchev–Trinajstić information content (AvgIpc) is 3.72. The molecule has 2 heteroatoms. The summed E-state index contributed by atoms with van der Waals surface area (Å²) in [5.74, 6) is 0. The van der Waals surface area contributed by atoms with Crippen LogP contribution in [0, 0.1) is 0 Å². The molecule has 50 heavy (non-hydrogen) atoms. The fourth-order valence-corrected chi connectivity index (χ4v) is 8.95. The zero-order chi connectivity index (χ0) is 33.8. The molecular formula is C48H37NO. The molecular weight excluding hydrogens is 607 g/mol. The van der Waals surface area contributed by atoms with Crippen LogP contribution in [0.5, 0.6) is 0 Å². The van der Waals surface area contributed by atoms with Gasteiger partial charge in [-0.1, -0.05) is 143 Å². The molecule has 2 aliphatic carbocycles. The van der Waals surface area contributed by atoms with E-state index in [0.717, 1.165) is 50.1 Å². The lowest BCUT2D eigenvalue weighted by molar-refractivity contribution is 0.660. The summed E-state index contributed by atoms with van der Waals surface area (Å²) in [5, 5.41) is 2.27. The molecule has 2 nitrogen and oxygen atoms in total. The van der Waals surface area contributed by atoms with Crippen LogP contribution >= 0.6 is 0 Å². The molecule has 7 aromatic carbocycles. The summed E-state index contributed by atoms with van der Waals surface area (Å²) < 4.78 is 6.61. The van der Waals surface area contributed by atoms with E-state index in [0.29, 0.717) is 0 Å². The number of fused-ring (bicyclic) bond motifs is 9. The summed E-state index contributed by atoms with van der Waals surface area (Å²) in [5.41, 5.74) is 18.0. The second kappa shape index (κ2) is 10.3. The van der Waals surface area contributed by atoms with Gasteiger partial charge in [0.25, 0.3) is 0 Å². The van der Waals surface area contributed by atoms with Gasteiger partial charge in [-0.05, 0) is 80.9 Å². The van der Waals surface area contributed by atoms with E-state index in [1.54, 1.807) is 0 Å². The van der Waals surface area contributed by atoms with Crippen molar-refractivity contribution in [2.75, 3.05) is 4.90 Å². The molecule has 1 heterocycles. The van der Waals surface area contributed by atoms with Crippen molar-refractivity contribution in [1.29, 1.82) is 0 Å². The van der Waals surface area contributed by atoms with Gasteiger partial charge in [0.2, 0.25) is 0 Å². The zero-order valence-corrected chi connectivity index (χ0v) is 28.8. The van der Waals surface area contributed by atoms with Gasteiger partial charge in [0.15, 0.2) is 0 Å². The van der Waals surface area contributed by atoms with Crippen LogP contribution in [0.3, 0.4) is 0 Å². The van der Waals surface area contributed by atoms with Crippen LogP contribution in [0.25, 0.3) is 55.3 Å². The molecule has 0 N–H and O–H groups in total. The Morgan fingerprint density at radius 2 is 0.880 bits per heavy atom. The number of rotatable bonds is 4. The van der Waals surface area contributed by atoms with E-state index in [1.807, 2.05) is 6.07 Å². The minimum atomic E-state index is -0.117. The highest BCUT2D eigenvalue weighted by Gasteiger charge is 2.38. The summed E-state index contributed by atoms with van der Waals surface area (Å²) >= 11 is 0. The van der Waals surface area contributed by atoms with E-state index in [-0.39, 0.29) is 10.8 Å². The monoisotopic (exact) mass is 643 g/mol.